The Hall–Kier alpha value is -3.00. The van der Waals surface area contributed by atoms with Gasteiger partial charge in [0.25, 0.3) is 0 Å². The molecule has 3 aromatic rings. The standard InChI is InChI=1S/C19H20FN5O2/c1-27-19(26)12-6-8-25-16(11-22-18(25)9-12)14-3-2-4-17(23-14)24-15-10-21-7-5-13(15)20/h2-4,6,8-9,11,13,15,21H,5,7,10H2,1H3,(H,23,24)/t13-,15-/m0/s1. The molecule has 0 aliphatic carbocycles. The Bertz CT molecular complexity index is 974. The predicted molar refractivity (Wildman–Crippen MR) is 99.6 cm³/mol. The molecule has 2 N–H and O–H groups in total. The number of esters is 1. The second-order valence-electron chi connectivity index (χ2n) is 6.45. The first-order valence-corrected chi connectivity index (χ1v) is 8.80. The molecule has 2 atom stereocenters. The van der Waals surface area contributed by atoms with E-state index in [1.807, 2.05) is 22.6 Å². The molecule has 0 radical (unpaired) electrons. The molecule has 0 unspecified atom stereocenters. The number of hydrogen-bond acceptors (Lipinski definition) is 6. The summed E-state index contributed by atoms with van der Waals surface area (Å²) in [5, 5.41) is 6.36. The molecule has 27 heavy (non-hydrogen) atoms. The molecule has 0 saturated carbocycles. The van der Waals surface area contributed by atoms with Crippen molar-refractivity contribution in [2.45, 2.75) is 18.6 Å². The molecular formula is C19H20FN5O2. The minimum Gasteiger partial charge on any atom is -0.465 e. The summed E-state index contributed by atoms with van der Waals surface area (Å²) in [5.41, 5.74) is 2.54. The summed E-state index contributed by atoms with van der Waals surface area (Å²) in [7, 11) is 1.34. The largest absolute Gasteiger partial charge is 0.465 e. The topological polar surface area (TPSA) is 80.5 Å². The highest BCUT2D eigenvalue weighted by Crippen LogP contribution is 2.22. The number of aromatic nitrogens is 3. The Morgan fingerprint density at radius 2 is 2.30 bits per heavy atom. The van der Waals surface area contributed by atoms with Gasteiger partial charge in [0.2, 0.25) is 0 Å². The SMILES string of the molecule is COC(=O)c1ccn2c(-c3cccc(N[C@H]4CNCC[C@@H]4F)n3)cnc2c1. The lowest BCUT2D eigenvalue weighted by Crippen LogP contribution is -2.46. The third kappa shape index (κ3) is 3.48. The molecule has 140 valence electrons. The van der Waals surface area contributed by atoms with Crippen molar-refractivity contribution in [1.29, 1.82) is 0 Å². The summed E-state index contributed by atoms with van der Waals surface area (Å²) in [6.07, 6.45) is 3.05. The van der Waals surface area contributed by atoms with E-state index in [-0.39, 0.29) is 6.04 Å². The number of anilines is 1. The number of fused-ring (bicyclic) bond motifs is 1. The van der Waals surface area contributed by atoms with Crippen LogP contribution in [0.4, 0.5) is 10.2 Å². The van der Waals surface area contributed by atoms with Crippen LogP contribution in [-0.4, -0.2) is 52.8 Å². The molecule has 7 nitrogen and oxygen atoms in total. The van der Waals surface area contributed by atoms with Crippen LogP contribution in [0.15, 0.2) is 42.7 Å². The maximum atomic E-state index is 14.1. The number of carbonyl (C=O) groups excluding carboxylic acids is 1. The molecule has 1 fully saturated rings. The Labute approximate surface area is 155 Å². The zero-order chi connectivity index (χ0) is 18.8. The second-order valence-corrected chi connectivity index (χ2v) is 6.45. The van der Waals surface area contributed by atoms with Crippen molar-refractivity contribution in [1.82, 2.24) is 19.7 Å². The Kier molecular flexibility index (Phi) is 4.72. The molecule has 0 spiro atoms. The van der Waals surface area contributed by atoms with E-state index in [2.05, 4.69) is 20.6 Å². The average Bonchev–Trinajstić information content (AvgIpc) is 3.12. The van der Waals surface area contributed by atoms with E-state index in [1.54, 1.807) is 24.5 Å². The molecule has 8 heteroatoms. The molecule has 0 bridgehead atoms. The van der Waals surface area contributed by atoms with E-state index in [0.717, 1.165) is 5.69 Å². The maximum absolute atomic E-state index is 14.1. The van der Waals surface area contributed by atoms with Crippen LogP contribution in [-0.2, 0) is 4.74 Å². The zero-order valence-electron chi connectivity index (χ0n) is 14.9. The van der Waals surface area contributed by atoms with Gasteiger partial charge < -0.3 is 15.4 Å². The van der Waals surface area contributed by atoms with Crippen molar-refractivity contribution in [3.8, 4) is 11.4 Å². The normalized spacial score (nSPS) is 19.8. The van der Waals surface area contributed by atoms with Crippen molar-refractivity contribution < 1.29 is 13.9 Å². The number of hydrogen-bond donors (Lipinski definition) is 2. The third-order valence-electron chi connectivity index (χ3n) is 4.68. The van der Waals surface area contributed by atoms with Gasteiger partial charge in [-0.3, -0.25) is 4.40 Å². The Balaban J connectivity index is 1.62. The fraction of sp³-hybridized carbons (Fsp3) is 0.316. The lowest BCUT2D eigenvalue weighted by atomic mass is 10.1. The molecule has 1 aliphatic rings. The summed E-state index contributed by atoms with van der Waals surface area (Å²) >= 11 is 0. The number of nitrogens with one attached hydrogen (secondary N) is 2. The van der Waals surface area contributed by atoms with Gasteiger partial charge in [0.05, 0.1) is 36.3 Å². The number of carbonyl (C=O) groups is 1. The van der Waals surface area contributed by atoms with Gasteiger partial charge in [0, 0.05) is 12.7 Å². The minimum atomic E-state index is -0.899. The third-order valence-corrected chi connectivity index (χ3v) is 4.68. The van der Waals surface area contributed by atoms with Crippen molar-refractivity contribution in [2.24, 2.45) is 0 Å². The highest BCUT2D eigenvalue weighted by atomic mass is 19.1. The molecule has 0 amide bonds. The van der Waals surface area contributed by atoms with E-state index in [1.165, 1.54) is 7.11 Å². The first-order valence-electron chi connectivity index (χ1n) is 8.80. The van der Waals surface area contributed by atoms with Crippen LogP contribution in [0.25, 0.3) is 17.0 Å². The Morgan fingerprint density at radius 3 is 3.11 bits per heavy atom. The van der Waals surface area contributed by atoms with Crippen LogP contribution in [0.2, 0.25) is 0 Å². The van der Waals surface area contributed by atoms with Gasteiger partial charge in [0.1, 0.15) is 17.6 Å². The molecule has 1 saturated heterocycles. The number of methoxy groups -OCH3 is 1. The first-order chi connectivity index (χ1) is 13.2. The summed E-state index contributed by atoms with van der Waals surface area (Å²) in [4.78, 5) is 20.6. The molecule has 4 rings (SSSR count). The summed E-state index contributed by atoms with van der Waals surface area (Å²) in [5.74, 6) is 0.207. The highest BCUT2D eigenvalue weighted by molar-refractivity contribution is 5.90. The van der Waals surface area contributed by atoms with Crippen LogP contribution in [0, 0.1) is 0 Å². The maximum Gasteiger partial charge on any atom is 0.338 e. The van der Waals surface area contributed by atoms with Crippen molar-refractivity contribution >= 4 is 17.4 Å². The molecule has 1 aliphatic heterocycles. The van der Waals surface area contributed by atoms with E-state index in [0.29, 0.717) is 42.2 Å². The monoisotopic (exact) mass is 369 g/mol. The van der Waals surface area contributed by atoms with Crippen LogP contribution in [0.1, 0.15) is 16.8 Å². The van der Waals surface area contributed by atoms with E-state index in [9.17, 15) is 9.18 Å². The molecule has 0 aromatic carbocycles. The van der Waals surface area contributed by atoms with Gasteiger partial charge in [-0.2, -0.15) is 0 Å². The number of halogens is 1. The number of piperidine rings is 1. The van der Waals surface area contributed by atoms with Gasteiger partial charge in [-0.1, -0.05) is 6.07 Å². The van der Waals surface area contributed by atoms with Crippen LogP contribution < -0.4 is 10.6 Å². The van der Waals surface area contributed by atoms with Gasteiger partial charge in [-0.15, -0.1) is 0 Å². The second kappa shape index (κ2) is 7.32. The number of pyridine rings is 2. The zero-order valence-corrected chi connectivity index (χ0v) is 14.9. The Morgan fingerprint density at radius 1 is 1.41 bits per heavy atom. The lowest BCUT2D eigenvalue weighted by molar-refractivity contribution is 0.0600. The number of alkyl halides is 1. The summed E-state index contributed by atoms with van der Waals surface area (Å²) < 4.78 is 20.7. The highest BCUT2D eigenvalue weighted by Gasteiger charge is 2.24. The van der Waals surface area contributed by atoms with Crippen LogP contribution in [0.3, 0.4) is 0 Å². The average molecular weight is 369 g/mol. The van der Waals surface area contributed by atoms with Crippen LogP contribution in [0.5, 0.6) is 0 Å². The smallest absolute Gasteiger partial charge is 0.338 e. The molecule has 3 aromatic heterocycles. The number of imidazole rings is 1. The van der Waals surface area contributed by atoms with Gasteiger partial charge in [-0.25, -0.2) is 19.2 Å². The van der Waals surface area contributed by atoms with Gasteiger partial charge >= 0.3 is 5.97 Å². The van der Waals surface area contributed by atoms with E-state index in [4.69, 9.17) is 4.74 Å². The quantitative estimate of drug-likeness (QED) is 0.687. The molecule has 4 heterocycles. The van der Waals surface area contributed by atoms with Crippen LogP contribution >= 0.6 is 0 Å². The van der Waals surface area contributed by atoms with Gasteiger partial charge in [-0.05, 0) is 37.2 Å². The van der Waals surface area contributed by atoms with E-state index >= 15 is 0 Å². The lowest BCUT2D eigenvalue weighted by Gasteiger charge is -2.28. The van der Waals surface area contributed by atoms with E-state index < -0.39 is 12.1 Å². The fourth-order valence-corrected chi connectivity index (χ4v) is 3.23. The fourth-order valence-electron chi connectivity index (χ4n) is 3.23. The summed E-state index contributed by atoms with van der Waals surface area (Å²) in [6.45, 7) is 1.27. The van der Waals surface area contributed by atoms with Crippen molar-refractivity contribution in [3.63, 3.8) is 0 Å². The summed E-state index contributed by atoms with van der Waals surface area (Å²) in [6, 6.07) is 8.60. The molecular weight excluding hydrogens is 349 g/mol. The van der Waals surface area contributed by atoms with Crippen molar-refractivity contribution in [2.75, 3.05) is 25.5 Å². The first kappa shape index (κ1) is 17.4. The minimum absolute atomic E-state index is 0.300. The number of ether oxygens (including phenoxy) is 1. The predicted octanol–water partition coefficient (Wildman–Crippen LogP) is 2.29. The van der Waals surface area contributed by atoms with Crippen molar-refractivity contribution in [3.05, 3.63) is 48.3 Å². The van der Waals surface area contributed by atoms with Gasteiger partial charge in [0.15, 0.2) is 0 Å². The number of nitrogens with zero attached hydrogens (tertiary/aromatic N) is 3. The number of rotatable bonds is 4.